The van der Waals surface area contributed by atoms with Crippen molar-refractivity contribution in [2.24, 2.45) is 0 Å². The third kappa shape index (κ3) is 2.23. The Bertz CT molecular complexity index is 134. The van der Waals surface area contributed by atoms with Crippen molar-refractivity contribution in [3.63, 3.8) is 0 Å². The van der Waals surface area contributed by atoms with Crippen LogP contribution in [0.5, 0.6) is 0 Å². The van der Waals surface area contributed by atoms with E-state index in [9.17, 15) is 0 Å². The monoisotopic (exact) mass is 155 g/mol. The van der Waals surface area contributed by atoms with Crippen molar-refractivity contribution >= 4 is 0 Å². The summed E-state index contributed by atoms with van der Waals surface area (Å²) in [6.45, 7) is 2.05. The van der Waals surface area contributed by atoms with Crippen molar-refractivity contribution in [1.29, 1.82) is 0 Å². The van der Waals surface area contributed by atoms with Crippen LogP contribution in [-0.2, 0) is 19.5 Å². The molecule has 0 aromatic heterocycles. The van der Waals surface area contributed by atoms with Gasteiger partial charge in [-0.05, 0) is 0 Å². The predicted octanol–water partition coefficient (Wildman–Crippen LogP) is 1.79. The Morgan fingerprint density at radius 3 is 2.50 bits per heavy atom. The molecule has 0 fully saturated rings. The molecule has 0 saturated carbocycles. The maximum Gasteiger partial charge on any atom is 0 e. The second kappa shape index (κ2) is 3.80. The normalized spacial score (nSPS) is 7.62. The van der Waals surface area contributed by atoms with Gasteiger partial charge in [0.1, 0.15) is 0 Å². The Labute approximate surface area is 62.7 Å². The van der Waals surface area contributed by atoms with Gasteiger partial charge in [0.2, 0.25) is 0 Å². The minimum Gasteiger partial charge on any atom is -0.184 e. The van der Waals surface area contributed by atoms with Gasteiger partial charge in [0.05, 0.1) is 0 Å². The maximum absolute atomic E-state index is 2.96. The molecule has 0 amide bonds. The zero-order valence-electron chi connectivity index (χ0n) is 5.02. The van der Waals surface area contributed by atoms with Gasteiger partial charge in [-0.15, -0.1) is 0 Å². The van der Waals surface area contributed by atoms with Gasteiger partial charge >= 0.3 is 0 Å². The van der Waals surface area contributed by atoms with E-state index in [4.69, 9.17) is 0 Å². The molecular weight excluding hydrogens is 149 g/mol. The molecule has 0 nitrogen and oxygen atoms in total. The first-order valence-corrected chi connectivity index (χ1v) is 2.32. The fraction of sp³-hybridized carbons (Fsp3) is 0.143. The quantitative estimate of drug-likeness (QED) is 0.397. The van der Waals surface area contributed by atoms with Gasteiger partial charge in [-0.1, -0.05) is 6.92 Å². The Balaban J connectivity index is 0.000000490. The van der Waals surface area contributed by atoms with Crippen molar-refractivity contribution in [3.05, 3.63) is 35.9 Å². The first-order valence-electron chi connectivity index (χ1n) is 2.32. The first kappa shape index (κ1) is 7.84. The molecule has 0 radical (unpaired) electrons. The zero-order chi connectivity index (χ0) is 5.11. The molecule has 0 unspecified atom stereocenters. The first-order chi connectivity index (χ1) is 3.39. The largest absolute Gasteiger partial charge is 0.184 e. The standard InChI is InChI=1S/C7H7.Zn/c1-7-5-3-2-4-6-7;/h2-3,5-6H,1H3;/q-1;. The molecule has 0 aliphatic heterocycles. The van der Waals surface area contributed by atoms with Crippen LogP contribution >= 0.6 is 0 Å². The zero-order valence-corrected chi connectivity index (χ0v) is 7.98. The van der Waals surface area contributed by atoms with E-state index in [1.807, 2.05) is 18.2 Å². The fourth-order valence-electron chi connectivity index (χ4n) is 0.483. The van der Waals surface area contributed by atoms with Crippen molar-refractivity contribution in [2.45, 2.75) is 6.92 Å². The van der Waals surface area contributed by atoms with Crippen molar-refractivity contribution in [3.8, 4) is 0 Å². The summed E-state index contributed by atoms with van der Waals surface area (Å²) < 4.78 is 0. The number of rotatable bonds is 0. The van der Waals surface area contributed by atoms with E-state index in [2.05, 4.69) is 19.1 Å². The summed E-state index contributed by atoms with van der Waals surface area (Å²) in [5.74, 6) is 0. The van der Waals surface area contributed by atoms with Crippen LogP contribution < -0.4 is 0 Å². The molecule has 0 saturated heterocycles. The van der Waals surface area contributed by atoms with E-state index in [-0.39, 0.29) is 19.5 Å². The second-order valence-corrected chi connectivity index (χ2v) is 1.58. The topological polar surface area (TPSA) is 0 Å². The third-order valence-electron chi connectivity index (χ3n) is 0.863. The van der Waals surface area contributed by atoms with Crippen molar-refractivity contribution < 1.29 is 19.5 Å². The van der Waals surface area contributed by atoms with Crippen LogP contribution in [0.1, 0.15) is 5.56 Å². The van der Waals surface area contributed by atoms with E-state index in [0.29, 0.717) is 0 Å². The smallest absolute Gasteiger partial charge is 0 e. The summed E-state index contributed by atoms with van der Waals surface area (Å²) in [5, 5.41) is 0. The van der Waals surface area contributed by atoms with Crippen LogP contribution in [0, 0.1) is 13.0 Å². The Hall–Kier alpha value is -0.157. The Morgan fingerprint density at radius 1 is 1.50 bits per heavy atom. The fourth-order valence-corrected chi connectivity index (χ4v) is 0.483. The number of aryl methyl sites for hydroxylation is 1. The minimum atomic E-state index is 0. The van der Waals surface area contributed by atoms with E-state index in [1.165, 1.54) is 5.56 Å². The predicted molar refractivity (Wildman–Crippen MR) is 30.0 cm³/mol. The van der Waals surface area contributed by atoms with E-state index >= 15 is 0 Å². The summed E-state index contributed by atoms with van der Waals surface area (Å²) in [7, 11) is 0. The summed E-state index contributed by atoms with van der Waals surface area (Å²) in [4.78, 5) is 0. The third-order valence-corrected chi connectivity index (χ3v) is 0.863. The molecule has 8 heavy (non-hydrogen) atoms. The molecule has 0 spiro atoms. The summed E-state index contributed by atoms with van der Waals surface area (Å²) >= 11 is 0. The SMILES string of the molecule is Cc1c[c-]ccc1.[Zn]. The number of benzene rings is 1. The Kier molecular flexibility index (Phi) is 3.72. The van der Waals surface area contributed by atoms with Gasteiger partial charge in [-0.3, -0.25) is 0 Å². The molecule has 0 N–H and O–H groups in total. The van der Waals surface area contributed by atoms with Gasteiger partial charge in [0, 0.05) is 19.5 Å². The molecule has 0 aliphatic rings. The van der Waals surface area contributed by atoms with E-state index < -0.39 is 0 Å². The number of hydrogen-bond donors (Lipinski definition) is 0. The molecular formula is C7H7Zn-. The molecule has 1 heteroatoms. The molecule has 1 aromatic carbocycles. The Morgan fingerprint density at radius 2 is 2.25 bits per heavy atom. The van der Waals surface area contributed by atoms with Crippen molar-refractivity contribution in [2.75, 3.05) is 0 Å². The molecule has 0 heterocycles. The molecule has 0 atom stereocenters. The second-order valence-electron chi connectivity index (χ2n) is 1.58. The van der Waals surface area contributed by atoms with Crippen molar-refractivity contribution in [1.82, 2.24) is 0 Å². The average molecular weight is 157 g/mol. The molecule has 1 aromatic rings. The average Bonchev–Trinajstić information content (AvgIpc) is 1.69. The van der Waals surface area contributed by atoms with Gasteiger partial charge in [0.15, 0.2) is 0 Å². The molecule has 1 rings (SSSR count). The molecule has 38 valence electrons. The van der Waals surface area contributed by atoms with Crippen LogP contribution in [0.3, 0.4) is 0 Å². The van der Waals surface area contributed by atoms with Crippen LogP contribution in [-0.4, -0.2) is 0 Å². The van der Waals surface area contributed by atoms with Crippen LogP contribution in [0.2, 0.25) is 0 Å². The van der Waals surface area contributed by atoms with E-state index in [0.717, 1.165) is 0 Å². The van der Waals surface area contributed by atoms with Gasteiger partial charge in [0.25, 0.3) is 0 Å². The summed E-state index contributed by atoms with van der Waals surface area (Å²) in [5.41, 5.74) is 1.27. The maximum atomic E-state index is 2.96. The van der Waals surface area contributed by atoms with Crippen LogP contribution in [0.25, 0.3) is 0 Å². The van der Waals surface area contributed by atoms with E-state index in [1.54, 1.807) is 0 Å². The molecule has 0 aliphatic carbocycles. The minimum absolute atomic E-state index is 0. The molecule has 0 bridgehead atoms. The van der Waals surface area contributed by atoms with Gasteiger partial charge in [-0.2, -0.15) is 35.9 Å². The summed E-state index contributed by atoms with van der Waals surface area (Å²) in [6, 6.07) is 10.8. The van der Waals surface area contributed by atoms with Gasteiger partial charge < -0.3 is 0 Å². The van der Waals surface area contributed by atoms with Crippen LogP contribution in [0.4, 0.5) is 0 Å². The van der Waals surface area contributed by atoms with Crippen LogP contribution in [0.15, 0.2) is 24.3 Å². The summed E-state index contributed by atoms with van der Waals surface area (Å²) in [6.07, 6.45) is 0. The van der Waals surface area contributed by atoms with Gasteiger partial charge in [-0.25, -0.2) is 0 Å². The number of hydrogen-bond acceptors (Lipinski definition) is 0.